The summed E-state index contributed by atoms with van der Waals surface area (Å²) in [5.74, 6) is 0. The molecule has 0 bridgehead atoms. The number of para-hydroxylation sites is 5. The first-order valence-corrected chi connectivity index (χ1v) is 19.6. The number of hydrogen-bond donors (Lipinski definition) is 0. The minimum absolute atomic E-state index is 1.15. The summed E-state index contributed by atoms with van der Waals surface area (Å²) in [7, 11) is 0. The number of hydrogen-bond acceptors (Lipinski definition) is 0. The topological polar surface area (TPSA) is 14.8 Å². The number of benzene rings is 9. The molecule has 3 heteroatoms. The van der Waals surface area contributed by atoms with E-state index in [-0.39, 0.29) is 0 Å². The molecular formula is C54H35N3. The molecule has 3 aromatic heterocycles. The third kappa shape index (κ3) is 4.60. The lowest BCUT2D eigenvalue weighted by atomic mass is 9.97. The highest BCUT2D eigenvalue weighted by Gasteiger charge is 2.24. The zero-order valence-corrected chi connectivity index (χ0v) is 31.0. The smallest absolute Gasteiger partial charge is 0.0549 e. The summed E-state index contributed by atoms with van der Waals surface area (Å²) in [5, 5.41) is 7.54. The van der Waals surface area contributed by atoms with Crippen molar-refractivity contribution in [3.63, 3.8) is 0 Å². The number of nitrogens with zero attached hydrogens (tertiary/aromatic N) is 3. The van der Waals surface area contributed by atoms with Crippen molar-refractivity contribution in [3.05, 3.63) is 212 Å². The minimum Gasteiger partial charge on any atom is -0.309 e. The fraction of sp³-hybridized carbons (Fsp3) is 0. The van der Waals surface area contributed by atoms with E-state index in [0.29, 0.717) is 0 Å². The van der Waals surface area contributed by atoms with Gasteiger partial charge in [-0.15, -0.1) is 0 Å². The second-order valence-electron chi connectivity index (χ2n) is 14.8. The van der Waals surface area contributed by atoms with Gasteiger partial charge in [0, 0.05) is 49.3 Å². The van der Waals surface area contributed by atoms with Crippen LogP contribution in [0, 0.1) is 0 Å². The molecule has 12 rings (SSSR count). The Morgan fingerprint density at radius 3 is 1.35 bits per heavy atom. The standard InChI is InChI=1S/C54H35N3/c1-4-18-36(19-5-1)39-27-16-33-48-52(39)54-50(56(48)38-22-8-3-9-23-38)35-34-49-53(54)43-26-12-15-31-46(43)57(49)44-29-13-10-24-40(44)41-28-17-32-47-51(41)42-25-11-14-30-45(42)55(47)37-20-6-2-7-21-37/h1-35H. The Labute approximate surface area is 329 Å². The predicted octanol–water partition coefficient (Wildman–Crippen LogP) is 14.3. The van der Waals surface area contributed by atoms with E-state index < -0.39 is 0 Å². The monoisotopic (exact) mass is 725 g/mol. The van der Waals surface area contributed by atoms with Crippen LogP contribution in [0.4, 0.5) is 0 Å². The largest absolute Gasteiger partial charge is 0.309 e. The molecule has 3 heterocycles. The Morgan fingerprint density at radius 1 is 0.228 bits per heavy atom. The predicted molar refractivity (Wildman–Crippen MR) is 240 cm³/mol. The molecular weight excluding hydrogens is 691 g/mol. The van der Waals surface area contributed by atoms with Gasteiger partial charge in [0.1, 0.15) is 0 Å². The molecule has 266 valence electrons. The van der Waals surface area contributed by atoms with Crippen molar-refractivity contribution in [2.45, 2.75) is 0 Å². The molecule has 9 aromatic carbocycles. The molecule has 0 aliphatic heterocycles. The van der Waals surface area contributed by atoms with Crippen LogP contribution >= 0.6 is 0 Å². The maximum atomic E-state index is 2.51. The highest BCUT2D eigenvalue weighted by molar-refractivity contribution is 6.31. The van der Waals surface area contributed by atoms with Gasteiger partial charge in [0.15, 0.2) is 0 Å². The third-order valence-electron chi connectivity index (χ3n) is 11.8. The van der Waals surface area contributed by atoms with Crippen LogP contribution in [0.15, 0.2) is 212 Å². The lowest BCUT2D eigenvalue weighted by Crippen LogP contribution is -1.98. The van der Waals surface area contributed by atoms with Gasteiger partial charge in [-0.3, -0.25) is 0 Å². The van der Waals surface area contributed by atoms with Gasteiger partial charge in [-0.05, 0) is 83.4 Å². The molecule has 0 saturated heterocycles. The fourth-order valence-electron chi connectivity index (χ4n) is 9.58. The summed E-state index contributed by atoms with van der Waals surface area (Å²) in [6.45, 7) is 0. The van der Waals surface area contributed by atoms with Crippen molar-refractivity contribution < 1.29 is 0 Å². The van der Waals surface area contributed by atoms with Gasteiger partial charge in [-0.25, -0.2) is 0 Å². The molecule has 0 N–H and O–H groups in total. The Balaban J connectivity index is 1.21. The summed E-state index contributed by atoms with van der Waals surface area (Å²) in [5.41, 5.74) is 15.5. The van der Waals surface area contributed by atoms with E-state index in [1.807, 2.05) is 0 Å². The zero-order chi connectivity index (χ0) is 37.5. The van der Waals surface area contributed by atoms with Crippen LogP contribution in [0.2, 0.25) is 0 Å². The van der Waals surface area contributed by atoms with Gasteiger partial charge in [0.05, 0.1) is 38.8 Å². The lowest BCUT2D eigenvalue weighted by Gasteiger charge is -2.15. The zero-order valence-electron chi connectivity index (χ0n) is 31.0. The first-order chi connectivity index (χ1) is 28.3. The van der Waals surface area contributed by atoms with Crippen molar-refractivity contribution >= 4 is 65.4 Å². The van der Waals surface area contributed by atoms with Crippen LogP contribution in [-0.4, -0.2) is 13.7 Å². The van der Waals surface area contributed by atoms with Crippen LogP contribution in [0.5, 0.6) is 0 Å². The maximum Gasteiger partial charge on any atom is 0.0549 e. The van der Waals surface area contributed by atoms with E-state index in [4.69, 9.17) is 0 Å². The van der Waals surface area contributed by atoms with E-state index in [0.717, 1.165) is 17.1 Å². The van der Waals surface area contributed by atoms with E-state index in [1.54, 1.807) is 0 Å². The second kappa shape index (κ2) is 12.5. The summed E-state index contributed by atoms with van der Waals surface area (Å²) in [4.78, 5) is 0. The van der Waals surface area contributed by atoms with Gasteiger partial charge >= 0.3 is 0 Å². The molecule has 0 saturated carbocycles. The van der Waals surface area contributed by atoms with Gasteiger partial charge in [0.25, 0.3) is 0 Å². The van der Waals surface area contributed by atoms with Gasteiger partial charge in [-0.2, -0.15) is 0 Å². The van der Waals surface area contributed by atoms with Crippen LogP contribution in [0.1, 0.15) is 0 Å². The van der Waals surface area contributed by atoms with Gasteiger partial charge in [0.2, 0.25) is 0 Å². The SMILES string of the molecule is c1ccc(-c2cccc3c2c2c4c5ccccc5n(-c5ccccc5-c5cccc6c5c5ccccc5n6-c5ccccc5)c4ccc2n3-c2ccccc2)cc1. The molecule has 57 heavy (non-hydrogen) atoms. The Morgan fingerprint density at radius 2 is 0.667 bits per heavy atom. The number of aromatic nitrogens is 3. The second-order valence-corrected chi connectivity index (χ2v) is 14.8. The van der Waals surface area contributed by atoms with Crippen LogP contribution in [0.3, 0.4) is 0 Å². The Bertz CT molecular complexity index is 3500. The quantitative estimate of drug-likeness (QED) is 0.168. The van der Waals surface area contributed by atoms with E-state index in [2.05, 4.69) is 226 Å². The van der Waals surface area contributed by atoms with E-state index in [1.165, 1.54) is 87.7 Å². The van der Waals surface area contributed by atoms with E-state index >= 15 is 0 Å². The highest BCUT2D eigenvalue weighted by Crippen LogP contribution is 2.47. The maximum absolute atomic E-state index is 2.51. The molecule has 3 nitrogen and oxygen atoms in total. The molecule has 0 aliphatic rings. The lowest BCUT2D eigenvalue weighted by molar-refractivity contribution is 1.17. The molecule has 0 spiro atoms. The molecule has 0 fully saturated rings. The average Bonchev–Trinajstić information content (AvgIpc) is 3.93. The highest BCUT2D eigenvalue weighted by atomic mass is 15.0. The van der Waals surface area contributed by atoms with Crippen molar-refractivity contribution in [3.8, 4) is 39.3 Å². The van der Waals surface area contributed by atoms with Crippen LogP contribution in [0.25, 0.3) is 105 Å². The fourth-order valence-corrected chi connectivity index (χ4v) is 9.58. The third-order valence-corrected chi connectivity index (χ3v) is 11.8. The molecule has 0 amide bonds. The minimum atomic E-state index is 1.15. The first kappa shape index (κ1) is 31.7. The van der Waals surface area contributed by atoms with Gasteiger partial charge in [-0.1, -0.05) is 146 Å². The van der Waals surface area contributed by atoms with Crippen LogP contribution in [-0.2, 0) is 0 Å². The summed E-state index contributed by atoms with van der Waals surface area (Å²) in [6, 6.07) is 77.3. The van der Waals surface area contributed by atoms with E-state index in [9.17, 15) is 0 Å². The summed E-state index contributed by atoms with van der Waals surface area (Å²) < 4.78 is 7.35. The molecule has 0 atom stereocenters. The van der Waals surface area contributed by atoms with Gasteiger partial charge < -0.3 is 13.7 Å². The normalized spacial score (nSPS) is 11.9. The van der Waals surface area contributed by atoms with Crippen molar-refractivity contribution in [2.24, 2.45) is 0 Å². The van der Waals surface area contributed by atoms with Crippen molar-refractivity contribution in [1.82, 2.24) is 13.7 Å². The number of fused-ring (bicyclic) bond motifs is 10. The average molecular weight is 726 g/mol. The molecule has 0 unspecified atom stereocenters. The van der Waals surface area contributed by atoms with Crippen LogP contribution < -0.4 is 0 Å². The first-order valence-electron chi connectivity index (χ1n) is 19.6. The number of rotatable bonds is 5. The molecule has 0 radical (unpaired) electrons. The molecule has 12 aromatic rings. The Hall–Kier alpha value is -7.62. The molecule has 0 aliphatic carbocycles. The van der Waals surface area contributed by atoms with Crippen molar-refractivity contribution in [1.29, 1.82) is 0 Å². The summed E-state index contributed by atoms with van der Waals surface area (Å²) in [6.07, 6.45) is 0. The Kier molecular flexibility index (Phi) is 6.93. The summed E-state index contributed by atoms with van der Waals surface area (Å²) >= 11 is 0. The van der Waals surface area contributed by atoms with Crippen molar-refractivity contribution in [2.75, 3.05) is 0 Å².